The maximum Gasteiger partial charge on any atom is 0.257 e. The molecule has 1 fully saturated rings. The predicted octanol–water partition coefficient (Wildman–Crippen LogP) is 2.74. The van der Waals surface area contributed by atoms with Crippen molar-refractivity contribution in [2.75, 3.05) is 11.9 Å². The number of pyridine rings is 1. The van der Waals surface area contributed by atoms with E-state index in [1.807, 2.05) is 30.3 Å². The first-order valence-electron chi connectivity index (χ1n) is 6.19. The Morgan fingerprint density at radius 3 is 2.94 bits per heavy atom. The summed E-state index contributed by atoms with van der Waals surface area (Å²) in [6.45, 7) is 0.943. The van der Waals surface area contributed by atoms with Gasteiger partial charge in [-0.15, -0.1) is 0 Å². The van der Waals surface area contributed by atoms with Gasteiger partial charge in [0.05, 0.1) is 0 Å². The second-order valence-electron chi connectivity index (χ2n) is 4.76. The molecule has 0 bridgehead atoms. The Balaban J connectivity index is 1.81. The van der Waals surface area contributed by atoms with E-state index in [2.05, 4.69) is 10.3 Å². The molecular formula is C14H16N2O. The van der Waals surface area contributed by atoms with Crippen LogP contribution in [0.3, 0.4) is 0 Å². The molecule has 3 nitrogen and oxygen atoms in total. The van der Waals surface area contributed by atoms with Gasteiger partial charge in [0.2, 0.25) is 0 Å². The first-order chi connectivity index (χ1) is 8.33. The third kappa shape index (κ3) is 2.33. The molecule has 88 valence electrons. The molecule has 0 spiro atoms. The Labute approximate surface area is 99.9 Å². The van der Waals surface area contributed by atoms with Crippen molar-refractivity contribution in [2.24, 2.45) is 5.92 Å². The molecule has 1 aromatic heterocycles. The van der Waals surface area contributed by atoms with Gasteiger partial charge in [0.15, 0.2) is 0 Å². The molecule has 1 aromatic carbocycles. The molecule has 2 N–H and O–H groups in total. The topological polar surface area (TPSA) is 44.9 Å². The minimum absolute atomic E-state index is 0.0166. The molecular weight excluding hydrogens is 212 g/mol. The summed E-state index contributed by atoms with van der Waals surface area (Å²) in [6, 6.07) is 9.66. The summed E-state index contributed by atoms with van der Waals surface area (Å²) in [5.41, 5.74) is -0.0166. The van der Waals surface area contributed by atoms with Crippen molar-refractivity contribution in [3.05, 3.63) is 40.7 Å². The van der Waals surface area contributed by atoms with Crippen LogP contribution in [0.2, 0.25) is 0 Å². The van der Waals surface area contributed by atoms with Crippen molar-refractivity contribution in [3.8, 4) is 0 Å². The van der Waals surface area contributed by atoms with Crippen LogP contribution < -0.4 is 10.9 Å². The molecule has 0 amide bonds. The number of nitrogens with one attached hydrogen (secondary N) is 2. The average molecular weight is 228 g/mol. The summed E-state index contributed by atoms with van der Waals surface area (Å²) in [5, 5.41) is 5.03. The number of anilines is 1. The summed E-state index contributed by atoms with van der Waals surface area (Å²) in [6.07, 6.45) is 3.95. The van der Waals surface area contributed by atoms with Crippen LogP contribution in [0.4, 0.5) is 5.82 Å². The third-order valence-corrected chi connectivity index (χ3v) is 3.32. The maximum atomic E-state index is 11.8. The monoisotopic (exact) mass is 228 g/mol. The highest BCUT2D eigenvalue weighted by molar-refractivity contribution is 5.83. The average Bonchev–Trinajstić information content (AvgIpc) is 3.13. The molecule has 3 heteroatoms. The zero-order chi connectivity index (χ0) is 11.7. The molecule has 2 aromatic rings. The maximum absolute atomic E-state index is 11.8. The lowest BCUT2D eigenvalue weighted by Crippen LogP contribution is -2.11. The fourth-order valence-corrected chi connectivity index (χ4v) is 2.12. The lowest BCUT2D eigenvalue weighted by molar-refractivity contribution is 0.758. The van der Waals surface area contributed by atoms with E-state index < -0.39 is 0 Å². The Kier molecular flexibility index (Phi) is 2.59. The van der Waals surface area contributed by atoms with Crippen molar-refractivity contribution >= 4 is 16.6 Å². The van der Waals surface area contributed by atoms with Crippen LogP contribution in [-0.2, 0) is 0 Å². The van der Waals surface area contributed by atoms with Crippen LogP contribution in [-0.4, -0.2) is 11.5 Å². The lowest BCUT2D eigenvalue weighted by Gasteiger charge is -2.06. The Hall–Kier alpha value is -1.77. The Morgan fingerprint density at radius 2 is 2.12 bits per heavy atom. The fourth-order valence-electron chi connectivity index (χ4n) is 2.12. The molecule has 3 rings (SSSR count). The first kappa shape index (κ1) is 10.4. The molecule has 17 heavy (non-hydrogen) atoms. The molecule has 0 radical (unpaired) electrons. The normalized spacial score (nSPS) is 15.1. The molecule has 0 aliphatic heterocycles. The molecule has 1 aliphatic carbocycles. The number of benzene rings is 1. The number of hydrogen-bond donors (Lipinski definition) is 2. The molecule has 0 atom stereocenters. The van der Waals surface area contributed by atoms with E-state index in [9.17, 15) is 4.79 Å². The van der Waals surface area contributed by atoms with E-state index >= 15 is 0 Å². The van der Waals surface area contributed by atoms with Gasteiger partial charge in [-0.3, -0.25) is 4.79 Å². The van der Waals surface area contributed by atoms with Crippen LogP contribution in [0.15, 0.2) is 35.1 Å². The zero-order valence-corrected chi connectivity index (χ0v) is 9.70. The summed E-state index contributed by atoms with van der Waals surface area (Å²) in [7, 11) is 0. The number of aromatic nitrogens is 1. The predicted molar refractivity (Wildman–Crippen MR) is 70.4 cm³/mol. The second kappa shape index (κ2) is 4.24. The van der Waals surface area contributed by atoms with E-state index in [0.717, 1.165) is 29.1 Å². The largest absolute Gasteiger partial charge is 0.372 e. The standard InChI is InChI=1S/C14H16N2O/c17-14-12-4-2-1-3-11(12)9-13(16-14)15-8-7-10-5-6-10/h1-4,9-10H,5-8H2,(H2,15,16,17). The van der Waals surface area contributed by atoms with Gasteiger partial charge < -0.3 is 10.3 Å². The SMILES string of the molecule is O=c1[nH]c(NCCC2CC2)cc2ccccc12. The van der Waals surface area contributed by atoms with Gasteiger partial charge in [0.1, 0.15) is 5.82 Å². The van der Waals surface area contributed by atoms with Crippen LogP contribution in [0.1, 0.15) is 19.3 Å². The van der Waals surface area contributed by atoms with Gasteiger partial charge in [0, 0.05) is 11.9 Å². The number of aromatic amines is 1. The quantitative estimate of drug-likeness (QED) is 0.845. The van der Waals surface area contributed by atoms with Crippen LogP contribution in [0.25, 0.3) is 10.8 Å². The number of H-pyrrole nitrogens is 1. The molecule has 1 heterocycles. The fraction of sp³-hybridized carbons (Fsp3) is 0.357. The minimum atomic E-state index is -0.0166. The van der Waals surface area contributed by atoms with Crippen LogP contribution in [0, 0.1) is 5.92 Å². The smallest absolute Gasteiger partial charge is 0.257 e. The highest BCUT2D eigenvalue weighted by Crippen LogP contribution is 2.32. The van der Waals surface area contributed by atoms with Crippen molar-refractivity contribution in [1.82, 2.24) is 4.98 Å². The van der Waals surface area contributed by atoms with Gasteiger partial charge in [-0.05, 0) is 29.9 Å². The summed E-state index contributed by atoms with van der Waals surface area (Å²) in [5.74, 6) is 1.74. The number of rotatable bonds is 4. The van der Waals surface area contributed by atoms with Crippen molar-refractivity contribution in [1.29, 1.82) is 0 Å². The zero-order valence-electron chi connectivity index (χ0n) is 9.70. The third-order valence-electron chi connectivity index (χ3n) is 3.32. The first-order valence-corrected chi connectivity index (χ1v) is 6.19. The highest BCUT2D eigenvalue weighted by atomic mass is 16.1. The van der Waals surface area contributed by atoms with Gasteiger partial charge in [-0.1, -0.05) is 31.0 Å². The van der Waals surface area contributed by atoms with E-state index in [-0.39, 0.29) is 5.56 Å². The molecule has 1 aliphatic rings. The minimum Gasteiger partial charge on any atom is -0.372 e. The van der Waals surface area contributed by atoms with E-state index in [1.54, 1.807) is 0 Å². The lowest BCUT2D eigenvalue weighted by atomic mass is 10.2. The van der Waals surface area contributed by atoms with Crippen molar-refractivity contribution in [2.45, 2.75) is 19.3 Å². The van der Waals surface area contributed by atoms with Gasteiger partial charge >= 0.3 is 0 Å². The summed E-state index contributed by atoms with van der Waals surface area (Å²) < 4.78 is 0. The molecule has 0 unspecified atom stereocenters. The highest BCUT2D eigenvalue weighted by Gasteiger charge is 2.20. The summed E-state index contributed by atoms with van der Waals surface area (Å²) >= 11 is 0. The van der Waals surface area contributed by atoms with Gasteiger partial charge in [0.25, 0.3) is 5.56 Å². The van der Waals surface area contributed by atoms with Gasteiger partial charge in [-0.2, -0.15) is 0 Å². The number of fused-ring (bicyclic) bond motifs is 1. The van der Waals surface area contributed by atoms with Crippen molar-refractivity contribution < 1.29 is 0 Å². The van der Waals surface area contributed by atoms with E-state index in [0.29, 0.717) is 0 Å². The molecule has 1 saturated carbocycles. The second-order valence-corrected chi connectivity index (χ2v) is 4.76. The van der Waals surface area contributed by atoms with Crippen LogP contribution >= 0.6 is 0 Å². The van der Waals surface area contributed by atoms with Crippen molar-refractivity contribution in [3.63, 3.8) is 0 Å². The summed E-state index contributed by atoms with van der Waals surface area (Å²) in [4.78, 5) is 14.7. The van der Waals surface area contributed by atoms with Gasteiger partial charge in [-0.25, -0.2) is 0 Å². The van der Waals surface area contributed by atoms with Crippen LogP contribution in [0.5, 0.6) is 0 Å². The van der Waals surface area contributed by atoms with E-state index in [4.69, 9.17) is 0 Å². The Morgan fingerprint density at radius 1 is 1.29 bits per heavy atom. The van der Waals surface area contributed by atoms with E-state index in [1.165, 1.54) is 19.3 Å². The number of hydrogen-bond acceptors (Lipinski definition) is 2. The Bertz CT molecular complexity index is 584. The molecule has 0 saturated heterocycles.